The highest BCUT2D eigenvalue weighted by Gasteiger charge is 2.16. The van der Waals surface area contributed by atoms with E-state index in [1.807, 2.05) is 24.3 Å². The van der Waals surface area contributed by atoms with Crippen molar-refractivity contribution >= 4 is 5.69 Å². The van der Waals surface area contributed by atoms with Crippen molar-refractivity contribution in [3.05, 3.63) is 29.8 Å². The summed E-state index contributed by atoms with van der Waals surface area (Å²) in [6.45, 7) is 2.89. The van der Waals surface area contributed by atoms with E-state index in [-0.39, 0.29) is 12.6 Å². The van der Waals surface area contributed by atoms with Gasteiger partial charge < -0.3 is 15.3 Å². The summed E-state index contributed by atoms with van der Waals surface area (Å²) in [7, 11) is 0. The van der Waals surface area contributed by atoms with Crippen molar-refractivity contribution in [1.29, 1.82) is 5.26 Å². The van der Waals surface area contributed by atoms with Gasteiger partial charge in [0.1, 0.15) is 0 Å². The van der Waals surface area contributed by atoms with Gasteiger partial charge in [-0.1, -0.05) is 0 Å². The molecule has 0 amide bonds. The Morgan fingerprint density at radius 3 is 2.82 bits per heavy atom. The van der Waals surface area contributed by atoms with Crippen LogP contribution in [-0.2, 0) is 0 Å². The molecule has 0 saturated carbocycles. The van der Waals surface area contributed by atoms with E-state index < -0.39 is 0 Å². The van der Waals surface area contributed by atoms with Crippen LogP contribution in [0.25, 0.3) is 0 Å². The molecular formula is C13H17N3O. The minimum atomic E-state index is 0.133. The van der Waals surface area contributed by atoms with Crippen molar-refractivity contribution in [3.8, 4) is 6.07 Å². The Morgan fingerprint density at radius 1 is 1.41 bits per heavy atom. The zero-order valence-electron chi connectivity index (χ0n) is 9.76. The summed E-state index contributed by atoms with van der Waals surface area (Å²) in [5.41, 5.74) is 1.80. The van der Waals surface area contributed by atoms with Crippen LogP contribution in [0.5, 0.6) is 0 Å². The second-order valence-corrected chi connectivity index (χ2v) is 4.29. The van der Waals surface area contributed by atoms with E-state index in [0.29, 0.717) is 5.56 Å². The highest BCUT2D eigenvalue weighted by molar-refractivity contribution is 5.50. The van der Waals surface area contributed by atoms with Crippen molar-refractivity contribution in [2.75, 3.05) is 31.1 Å². The van der Waals surface area contributed by atoms with Crippen LogP contribution in [0.1, 0.15) is 12.0 Å². The molecule has 0 spiro atoms. The minimum Gasteiger partial charge on any atom is -0.395 e. The summed E-state index contributed by atoms with van der Waals surface area (Å²) in [5, 5.41) is 21.3. The molecule has 1 fully saturated rings. The minimum absolute atomic E-state index is 0.133. The zero-order chi connectivity index (χ0) is 12.1. The molecule has 4 nitrogen and oxygen atoms in total. The van der Waals surface area contributed by atoms with E-state index in [9.17, 15) is 5.11 Å². The molecule has 0 aliphatic carbocycles. The smallest absolute Gasteiger partial charge is 0.0991 e. The third-order valence-electron chi connectivity index (χ3n) is 3.06. The molecule has 17 heavy (non-hydrogen) atoms. The summed E-state index contributed by atoms with van der Waals surface area (Å²) < 4.78 is 0. The molecule has 1 atom stereocenters. The van der Waals surface area contributed by atoms with E-state index in [0.717, 1.165) is 31.7 Å². The zero-order valence-corrected chi connectivity index (χ0v) is 9.76. The van der Waals surface area contributed by atoms with Gasteiger partial charge >= 0.3 is 0 Å². The van der Waals surface area contributed by atoms with Gasteiger partial charge in [0.2, 0.25) is 0 Å². The predicted molar refractivity (Wildman–Crippen MR) is 66.9 cm³/mol. The van der Waals surface area contributed by atoms with Gasteiger partial charge in [0.15, 0.2) is 0 Å². The fourth-order valence-electron chi connectivity index (χ4n) is 2.10. The Balaban J connectivity index is 2.11. The molecule has 1 unspecified atom stereocenters. The molecular weight excluding hydrogens is 214 g/mol. The lowest BCUT2D eigenvalue weighted by molar-refractivity contribution is 0.248. The molecule has 4 heteroatoms. The summed E-state index contributed by atoms with van der Waals surface area (Å²) >= 11 is 0. The first-order valence-electron chi connectivity index (χ1n) is 5.93. The summed E-state index contributed by atoms with van der Waals surface area (Å²) in [6, 6.07) is 9.86. The van der Waals surface area contributed by atoms with Crippen molar-refractivity contribution in [1.82, 2.24) is 5.32 Å². The Morgan fingerprint density at radius 2 is 2.18 bits per heavy atom. The number of anilines is 1. The molecule has 1 saturated heterocycles. The Bertz CT molecular complexity index is 396. The van der Waals surface area contributed by atoms with E-state index in [2.05, 4.69) is 16.3 Å². The normalized spacial score (nSPS) is 20.7. The first kappa shape index (κ1) is 11.9. The van der Waals surface area contributed by atoms with Gasteiger partial charge in [0.25, 0.3) is 0 Å². The fourth-order valence-corrected chi connectivity index (χ4v) is 2.10. The van der Waals surface area contributed by atoms with Crippen LogP contribution in [-0.4, -0.2) is 37.4 Å². The number of aliphatic hydroxyl groups excluding tert-OH is 1. The summed E-state index contributed by atoms with van der Waals surface area (Å²) in [6.07, 6.45) is 1.07. The second-order valence-electron chi connectivity index (χ2n) is 4.29. The largest absolute Gasteiger partial charge is 0.395 e. The molecule has 2 N–H and O–H groups in total. The molecule has 1 aliphatic rings. The molecule has 2 rings (SSSR count). The number of nitrogens with zero attached hydrogens (tertiary/aromatic N) is 2. The van der Waals surface area contributed by atoms with Crippen LogP contribution in [0.15, 0.2) is 24.3 Å². The van der Waals surface area contributed by atoms with Crippen molar-refractivity contribution in [2.45, 2.75) is 12.5 Å². The number of aliphatic hydroxyl groups is 1. The van der Waals surface area contributed by atoms with Crippen molar-refractivity contribution in [3.63, 3.8) is 0 Å². The van der Waals surface area contributed by atoms with Gasteiger partial charge in [-0.05, 0) is 37.2 Å². The monoisotopic (exact) mass is 231 g/mol. The Kier molecular flexibility index (Phi) is 3.97. The number of hydrogen-bond donors (Lipinski definition) is 2. The van der Waals surface area contributed by atoms with E-state index in [4.69, 9.17) is 5.26 Å². The molecule has 0 aromatic heterocycles. The second kappa shape index (κ2) is 5.67. The van der Waals surface area contributed by atoms with E-state index >= 15 is 0 Å². The number of hydrogen-bond acceptors (Lipinski definition) is 4. The van der Waals surface area contributed by atoms with E-state index in [1.54, 1.807) is 0 Å². The van der Waals surface area contributed by atoms with Gasteiger partial charge in [-0.15, -0.1) is 0 Å². The van der Waals surface area contributed by atoms with Crippen molar-refractivity contribution in [2.24, 2.45) is 0 Å². The van der Waals surface area contributed by atoms with Gasteiger partial charge in [-0.3, -0.25) is 0 Å². The molecule has 1 aliphatic heterocycles. The highest BCUT2D eigenvalue weighted by Crippen LogP contribution is 2.17. The lowest BCUT2D eigenvalue weighted by Gasteiger charge is -2.25. The molecule has 90 valence electrons. The summed E-state index contributed by atoms with van der Waals surface area (Å²) in [5.74, 6) is 0. The lowest BCUT2D eigenvalue weighted by Crippen LogP contribution is -2.40. The SMILES string of the molecule is N#Cc1ccc(N2CCCNC(CO)C2)cc1. The third-order valence-corrected chi connectivity index (χ3v) is 3.06. The van der Waals surface area contributed by atoms with Crippen LogP contribution >= 0.6 is 0 Å². The van der Waals surface area contributed by atoms with E-state index in [1.165, 1.54) is 0 Å². The molecule has 1 aromatic rings. The number of rotatable bonds is 2. The highest BCUT2D eigenvalue weighted by atomic mass is 16.3. The van der Waals surface area contributed by atoms with Gasteiger partial charge in [0, 0.05) is 24.8 Å². The maximum absolute atomic E-state index is 9.23. The number of benzene rings is 1. The first-order chi connectivity index (χ1) is 8.33. The molecule has 0 radical (unpaired) electrons. The predicted octanol–water partition coefficient (Wildman–Crippen LogP) is 0.719. The maximum Gasteiger partial charge on any atom is 0.0991 e. The molecule has 1 aromatic carbocycles. The van der Waals surface area contributed by atoms with Crippen LogP contribution in [0.2, 0.25) is 0 Å². The topological polar surface area (TPSA) is 59.3 Å². The van der Waals surface area contributed by atoms with Gasteiger partial charge in [-0.2, -0.15) is 5.26 Å². The lowest BCUT2D eigenvalue weighted by atomic mass is 10.2. The van der Waals surface area contributed by atoms with Crippen LogP contribution in [0, 0.1) is 11.3 Å². The Hall–Kier alpha value is -1.57. The van der Waals surface area contributed by atoms with Gasteiger partial charge in [0.05, 0.1) is 18.2 Å². The number of nitrogens with one attached hydrogen (secondary N) is 1. The maximum atomic E-state index is 9.23. The first-order valence-corrected chi connectivity index (χ1v) is 5.93. The third kappa shape index (κ3) is 2.96. The van der Waals surface area contributed by atoms with Crippen molar-refractivity contribution < 1.29 is 5.11 Å². The quantitative estimate of drug-likeness (QED) is 0.787. The fraction of sp³-hybridized carbons (Fsp3) is 0.462. The van der Waals surface area contributed by atoms with Gasteiger partial charge in [-0.25, -0.2) is 0 Å². The van der Waals surface area contributed by atoms with Crippen LogP contribution < -0.4 is 10.2 Å². The average molecular weight is 231 g/mol. The average Bonchev–Trinajstić information content (AvgIpc) is 2.64. The standard InChI is InChI=1S/C13H17N3O/c14-8-11-2-4-13(5-3-11)16-7-1-6-15-12(9-16)10-17/h2-5,12,15,17H,1,6-7,9-10H2. The van der Waals surface area contributed by atoms with Crippen LogP contribution in [0.3, 0.4) is 0 Å². The molecule has 0 bridgehead atoms. The summed E-state index contributed by atoms with van der Waals surface area (Å²) in [4.78, 5) is 2.25. The molecule has 1 heterocycles. The van der Waals surface area contributed by atoms with Crippen LogP contribution in [0.4, 0.5) is 5.69 Å². The number of nitriles is 1. The Labute approximate surface area is 101 Å².